The highest BCUT2D eigenvalue weighted by molar-refractivity contribution is 5.81. The van der Waals surface area contributed by atoms with Crippen molar-refractivity contribution in [2.24, 2.45) is 0 Å². The molecule has 3 heterocycles. The average molecular weight is 399 g/mol. The fourth-order valence-electron chi connectivity index (χ4n) is 4.03. The van der Waals surface area contributed by atoms with Crippen molar-refractivity contribution in [3.63, 3.8) is 0 Å². The van der Waals surface area contributed by atoms with E-state index in [2.05, 4.69) is 5.10 Å². The van der Waals surface area contributed by atoms with Gasteiger partial charge >= 0.3 is 6.03 Å². The van der Waals surface area contributed by atoms with Crippen LogP contribution in [-0.4, -0.2) is 75.7 Å². The van der Waals surface area contributed by atoms with Gasteiger partial charge in [-0.05, 0) is 31.4 Å². The molecule has 4 rings (SSSR count). The molecule has 0 unspecified atom stereocenters. The molecule has 9 heteroatoms. The smallest absolute Gasteiger partial charge is 0.320 e. The molecule has 0 radical (unpaired) electrons. The van der Waals surface area contributed by atoms with Crippen LogP contribution in [0.1, 0.15) is 19.3 Å². The van der Waals surface area contributed by atoms with E-state index in [4.69, 9.17) is 0 Å². The van der Waals surface area contributed by atoms with E-state index < -0.39 is 11.1 Å². The number of piperidine rings is 1. The predicted octanol–water partition coefficient (Wildman–Crippen LogP) is 0.440. The Morgan fingerprint density at radius 2 is 1.38 bits per heavy atom. The van der Waals surface area contributed by atoms with E-state index in [0.717, 1.165) is 30.6 Å². The van der Waals surface area contributed by atoms with Crippen molar-refractivity contribution in [3.05, 3.63) is 45.0 Å². The first-order valence-electron chi connectivity index (χ1n) is 10.1. The van der Waals surface area contributed by atoms with E-state index in [-0.39, 0.29) is 18.5 Å². The van der Waals surface area contributed by atoms with Gasteiger partial charge in [-0.2, -0.15) is 0 Å². The number of nitrogens with zero attached hydrogens (tertiary/aromatic N) is 4. The zero-order valence-corrected chi connectivity index (χ0v) is 16.3. The molecule has 2 fully saturated rings. The van der Waals surface area contributed by atoms with Crippen molar-refractivity contribution in [2.75, 3.05) is 39.3 Å². The largest absolute Gasteiger partial charge is 0.338 e. The lowest BCUT2D eigenvalue weighted by Crippen LogP contribution is -2.55. The van der Waals surface area contributed by atoms with Crippen molar-refractivity contribution < 1.29 is 9.59 Å². The number of fused-ring (bicyclic) bond motifs is 1. The van der Waals surface area contributed by atoms with E-state index >= 15 is 0 Å². The lowest BCUT2D eigenvalue weighted by Gasteiger charge is -2.38. The van der Waals surface area contributed by atoms with Crippen molar-refractivity contribution >= 4 is 22.7 Å². The summed E-state index contributed by atoms with van der Waals surface area (Å²) in [5.74, 6) is -0.247. The lowest BCUT2D eigenvalue weighted by molar-refractivity contribution is -0.133. The number of piperazine rings is 1. The molecule has 0 bridgehead atoms. The van der Waals surface area contributed by atoms with Gasteiger partial charge in [-0.25, -0.2) is 9.48 Å². The summed E-state index contributed by atoms with van der Waals surface area (Å²) in [4.78, 5) is 55.4. The molecular formula is C20H25N5O4. The van der Waals surface area contributed by atoms with Crippen LogP contribution in [0.2, 0.25) is 0 Å². The molecule has 2 aromatic rings. The third kappa shape index (κ3) is 3.90. The van der Waals surface area contributed by atoms with Crippen molar-refractivity contribution in [1.29, 1.82) is 0 Å². The summed E-state index contributed by atoms with van der Waals surface area (Å²) in [6.45, 7) is 3.18. The SMILES string of the molecule is O=C(Cn1[nH]c(=O)c2ccccc2c1=O)N1CCN(C(=O)N2CCCCC2)CC1. The van der Waals surface area contributed by atoms with Gasteiger partial charge in [0.05, 0.1) is 10.8 Å². The number of nitrogens with one attached hydrogen (secondary N) is 1. The van der Waals surface area contributed by atoms with E-state index in [0.29, 0.717) is 37.0 Å². The maximum Gasteiger partial charge on any atom is 0.320 e. The molecule has 154 valence electrons. The van der Waals surface area contributed by atoms with Crippen LogP contribution < -0.4 is 11.1 Å². The first kappa shape index (κ1) is 19.2. The number of aromatic amines is 1. The Morgan fingerprint density at radius 3 is 2.07 bits per heavy atom. The Kier molecular flexibility index (Phi) is 5.37. The number of benzene rings is 1. The third-order valence-electron chi connectivity index (χ3n) is 5.71. The Labute approximate surface area is 167 Å². The van der Waals surface area contributed by atoms with Crippen molar-refractivity contribution in [3.8, 4) is 0 Å². The van der Waals surface area contributed by atoms with Gasteiger partial charge in [0.2, 0.25) is 5.91 Å². The first-order chi connectivity index (χ1) is 14.0. The standard InChI is InChI=1S/C20H25N5O4/c26-17(14-25-19(28)16-7-3-2-6-15(16)18(27)21-25)22-10-12-24(13-11-22)20(29)23-8-4-1-5-9-23/h2-3,6-7H,1,4-5,8-14H2,(H,21,27). The summed E-state index contributed by atoms with van der Waals surface area (Å²) in [6.07, 6.45) is 3.26. The number of carbonyl (C=O) groups excluding carboxylic acids is 2. The summed E-state index contributed by atoms with van der Waals surface area (Å²) in [7, 11) is 0. The van der Waals surface area contributed by atoms with Gasteiger partial charge in [0.25, 0.3) is 11.1 Å². The van der Waals surface area contributed by atoms with Crippen LogP contribution in [0, 0.1) is 0 Å². The zero-order valence-electron chi connectivity index (χ0n) is 16.3. The molecule has 0 saturated carbocycles. The predicted molar refractivity (Wildman–Crippen MR) is 108 cm³/mol. The minimum Gasteiger partial charge on any atom is -0.338 e. The molecule has 0 aliphatic carbocycles. The summed E-state index contributed by atoms with van der Waals surface area (Å²) < 4.78 is 1.07. The highest BCUT2D eigenvalue weighted by Gasteiger charge is 2.28. The minimum atomic E-state index is -0.398. The number of amides is 3. The number of H-pyrrole nitrogens is 1. The maximum absolute atomic E-state index is 12.7. The summed E-state index contributed by atoms with van der Waals surface area (Å²) in [5, 5.41) is 3.09. The number of urea groups is 1. The maximum atomic E-state index is 12.7. The Balaban J connectivity index is 1.40. The quantitative estimate of drug-likeness (QED) is 0.792. The van der Waals surface area contributed by atoms with E-state index in [9.17, 15) is 19.2 Å². The number of aromatic nitrogens is 2. The molecule has 1 aromatic carbocycles. The van der Waals surface area contributed by atoms with E-state index in [1.54, 1.807) is 34.1 Å². The molecule has 9 nitrogen and oxygen atoms in total. The number of hydrogen-bond donors (Lipinski definition) is 1. The van der Waals surface area contributed by atoms with Crippen LogP contribution in [0.15, 0.2) is 33.9 Å². The van der Waals surface area contributed by atoms with Gasteiger partial charge in [0.15, 0.2) is 0 Å². The molecule has 3 amide bonds. The number of rotatable bonds is 2. The molecule has 2 saturated heterocycles. The molecular weight excluding hydrogens is 374 g/mol. The second-order valence-corrected chi connectivity index (χ2v) is 7.58. The van der Waals surface area contributed by atoms with Crippen LogP contribution >= 0.6 is 0 Å². The number of carbonyl (C=O) groups is 2. The summed E-state index contributed by atoms with van der Waals surface area (Å²) in [6, 6.07) is 6.59. The Bertz CT molecular complexity index is 1030. The second kappa shape index (κ2) is 8.10. The zero-order chi connectivity index (χ0) is 20.4. The normalized spacial score (nSPS) is 17.6. The fourth-order valence-corrected chi connectivity index (χ4v) is 4.03. The van der Waals surface area contributed by atoms with E-state index in [1.807, 2.05) is 4.90 Å². The van der Waals surface area contributed by atoms with Gasteiger partial charge in [-0.3, -0.25) is 19.5 Å². The Morgan fingerprint density at radius 1 is 0.793 bits per heavy atom. The number of likely N-dealkylation sites (tertiary alicyclic amines) is 1. The highest BCUT2D eigenvalue weighted by atomic mass is 16.2. The summed E-state index contributed by atoms with van der Waals surface area (Å²) >= 11 is 0. The van der Waals surface area contributed by atoms with Gasteiger partial charge in [-0.1, -0.05) is 12.1 Å². The lowest BCUT2D eigenvalue weighted by atomic mass is 10.1. The molecule has 0 spiro atoms. The minimum absolute atomic E-state index is 0.0480. The van der Waals surface area contributed by atoms with Gasteiger partial charge in [0.1, 0.15) is 6.54 Å². The fraction of sp³-hybridized carbons (Fsp3) is 0.500. The second-order valence-electron chi connectivity index (χ2n) is 7.58. The average Bonchev–Trinajstić information content (AvgIpc) is 2.77. The monoisotopic (exact) mass is 399 g/mol. The van der Waals surface area contributed by atoms with Crippen LogP contribution in [0.5, 0.6) is 0 Å². The van der Waals surface area contributed by atoms with Gasteiger partial charge in [0, 0.05) is 39.3 Å². The van der Waals surface area contributed by atoms with Crippen LogP contribution in [0.25, 0.3) is 10.8 Å². The van der Waals surface area contributed by atoms with Crippen LogP contribution in [0.3, 0.4) is 0 Å². The third-order valence-corrected chi connectivity index (χ3v) is 5.71. The van der Waals surface area contributed by atoms with Crippen LogP contribution in [-0.2, 0) is 11.3 Å². The first-order valence-corrected chi connectivity index (χ1v) is 10.1. The van der Waals surface area contributed by atoms with Gasteiger partial charge < -0.3 is 14.7 Å². The van der Waals surface area contributed by atoms with Crippen molar-refractivity contribution in [2.45, 2.75) is 25.8 Å². The molecule has 29 heavy (non-hydrogen) atoms. The highest BCUT2D eigenvalue weighted by Crippen LogP contribution is 2.13. The molecule has 2 aliphatic rings. The number of hydrogen-bond acceptors (Lipinski definition) is 4. The van der Waals surface area contributed by atoms with E-state index in [1.165, 1.54) is 6.42 Å². The van der Waals surface area contributed by atoms with Gasteiger partial charge in [-0.15, -0.1) is 0 Å². The Hall–Kier alpha value is -3.10. The molecule has 0 atom stereocenters. The van der Waals surface area contributed by atoms with Crippen LogP contribution in [0.4, 0.5) is 4.79 Å². The molecule has 2 aliphatic heterocycles. The van der Waals surface area contributed by atoms with Crippen molar-refractivity contribution in [1.82, 2.24) is 24.5 Å². The molecule has 1 aromatic heterocycles. The molecule has 1 N–H and O–H groups in total. The topological polar surface area (TPSA) is 98.7 Å². The summed E-state index contributed by atoms with van der Waals surface area (Å²) in [5.41, 5.74) is -0.794.